The van der Waals surface area contributed by atoms with Crippen LogP contribution in [0.3, 0.4) is 0 Å². The molecule has 2 heteroatoms. The quantitative estimate of drug-likeness (QED) is 0.686. The van der Waals surface area contributed by atoms with Crippen LogP contribution in [-0.2, 0) is 4.74 Å². The summed E-state index contributed by atoms with van der Waals surface area (Å²) in [6.45, 7) is 5.47. The highest BCUT2D eigenvalue weighted by Gasteiger charge is 2.21. The van der Waals surface area contributed by atoms with Gasteiger partial charge in [0.2, 0.25) is 0 Å². The molecule has 1 N–H and O–H groups in total. The van der Waals surface area contributed by atoms with Crippen LogP contribution in [0.2, 0.25) is 0 Å². The predicted molar refractivity (Wildman–Crippen MR) is 69.7 cm³/mol. The molecular formula is C14H29NO. The van der Waals surface area contributed by atoms with Crippen molar-refractivity contribution < 1.29 is 4.74 Å². The van der Waals surface area contributed by atoms with Gasteiger partial charge in [-0.1, -0.05) is 33.1 Å². The van der Waals surface area contributed by atoms with Crippen molar-refractivity contribution in [1.29, 1.82) is 0 Å². The van der Waals surface area contributed by atoms with Crippen molar-refractivity contribution >= 4 is 0 Å². The van der Waals surface area contributed by atoms with E-state index in [4.69, 9.17) is 4.74 Å². The van der Waals surface area contributed by atoms with Gasteiger partial charge in [-0.3, -0.25) is 0 Å². The van der Waals surface area contributed by atoms with E-state index in [0.29, 0.717) is 12.1 Å². The minimum Gasteiger partial charge on any atom is -0.376 e. The molecule has 2 nitrogen and oxygen atoms in total. The molecule has 0 aromatic heterocycles. The second-order valence-electron chi connectivity index (χ2n) is 5.11. The molecule has 1 rings (SSSR count). The molecule has 1 saturated carbocycles. The smallest absolute Gasteiger partial charge is 0.0725 e. The van der Waals surface area contributed by atoms with Crippen LogP contribution >= 0.6 is 0 Å². The Morgan fingerprint density at radius 1 is 1.25 bits per heavy atom. The molecule has 0 saturated heterocycles. The third-order valence-corrected chi connectivity index (χ3v) is 3.84. The Hall–Kier alpha value is -0.0800. The van der Waals surface area contributed by atoms with Gasteiger partial charge in [-0.05, 0) is 38.6 Å². The predicted octanol–water partition coefficient (Wildman–Crippen LogP) is 3.36. The summed E-state index contributed by atoms with van der Waals surface area (Å²) in [5, 5.41) is 3.40. The van der Waals surface area contributed by atoms with Gasteiger partial charge in [0.25, 0.3) is 0 Å². The summed E-state index contributed by atoms with van der Waals surface area (Å²) in [5.41, 5.74) is 0. The minimum atomic E-state index is 0.408. The first-order valence-corrected chi connectivity index (χ1v) is 7.10. The van der Waals surface area contributed by atoms with E-state index in [2.05, 4.69) is 26.2 Å². The first-order chi connectivity index (χ1) is 7.81. The molecule has 2 unspecified atom stereocenters. The number of hydrogen-bond donors (Lipinski definition) is 1. The molecular weight excluding hydrogens is 198 g/mol. The topological polar surface area (TPSA) is 21.3 Å². The molecule has 0 aromatic rings. The van der Waals surface area contributed by atoms with Crippen LogP contribution in [0, 0.1) is 5.92 Å². The van der Waals surface area contributed by atoms with Crippen molar-refractivity contribution in [2.45, 2.75) is 70.9 Å². The van der Waals surface area contributed by atoms with Crippen LogP contribution in [0.5, 0.6) is 0 Å². The van der Waals surface area contributed by atoms with Crippen molar-refractivity contribution in [2.75, 3.05) is 13.7 Å². The van der Waals surface area contributed by atoms with E-state index in [1.807, 2.05) is 0 Å². The highest BCUT2D eigenvalue weighted by Crippen LogP contribution is 2.25. The lowest BCUT2D eigenvalue weighted by molar-refractivity contribution is 0.00444. The number of likely N-dealkylation sites (N-methyl/N-ethyl adjacent to an activating group) is 1. The summed E-state index contributed by atoms with van der Waals surface area (Å²) < 4.78 is 6.12. The second-order valence-corrected chi connectivity index (χ2v) is 5.11. The Balaban J connectivity index is 2.28. The summed E-state index contributed by atoms with van der Waals surface area (Å²) >= 11 is 0. The molecule has 0 spiro atoms. The normalized spacial score (nSPS) is 21.2. The zero-order valence-electron chi connectivity index (χ0n) is 11.3. The molecule has 0 bridgehead atoms. The van der Waals surface area contributed by atoms with Gasteiger partial charge in [0.05, 0.1) is 6.10 Å². The minimum absolute atomic E-state index is 0.408. The summed E-state index contributed by atoms with van der Waals surface area (Å²) in [6, 6.07) is 0.538. The number of ether oxygens (including phenoxy) is 1. The first-order valence-electron chi connectivity index (χ1n) is 7.10. The van der Waals surface area contributed by atoms with Crippen molar-refractivity contribution in [1.82, 2.24) is 5.32 Å². The molecule has 1 aliphatic rings. The fraction of sp³-hybridized carbons (Fsp3) is 1.00. The molecule has 96 valence electrons. The maximum Gasteiger partial charge on any atom is 0.0725 e. The van der Waals surface area contributed by atoms with Crippen molar-refractivity contribution in [3.63, 3.8) is 0 Å². The molecule has 0 amide bonds. The van der Waals surface area contributed by atoms with Crippen LogP contribution in [0.4, 0.5) is 0 Å². The van der Waals surface area contributed by atoms with Gasteiger partial charge >= 0.3 is 0 Å². The highest BCUT2D eigenvalue weighted by molar-refractivity contribution is 4.75. The van der Waals surface area contributed by atoms with Gasteiger partial charge in [-0.15, -0.1) is 0 Å². The SMILES string of the molecule is CCCC(NC)C(CC)OCC1CCCC1. The van der Waals surface area contributed by atoms with Crippen LogP contribution in [-0.4, -0.2) is 25.8 Å². The standard InChI is InChI=1S/C14H29NO/c1-4-8-13(15-3)14(5-2)16-11-12-9-6-7-10-12/h12-15H,4-11H2,1-3H3. The molecule has 16 heavy (non-hydrogen) atoms. The van der Waals surface area contributed by atoms with E-state index in [1.165, 1.54) is 38.5 Å². The third kappa shape index (κ3) is 4.42. The maximum absolute atomic E-state index is 6.12. The average Bonchev–Trinajstić information content (AvgIpc) is 2.81. The lowest BCUT2D eigenvalue weighted by Gasteiger charge is -2.27. The van der Waals surface area contributed by atoms with Gasteiger partial charge in [0.1, 0.15) is 0 Å². The Labute approximate surface area is 101 Å². The fourth-order valence-corrected chi connectivity index (χ4v) is 2.78. The van der Waals surface area contributed by atoms with Gasteiger partial charge in [-0.25, -0.2) is 0 Å². The molecule has 0 heterocycles. The first kappa shape index (κ1) is 14.0. The van der Waals surface area contributed by atoms with Crippen LogP contribution in [0.1, 0.15) is 58.8 Å². The summed E-state index contributed by atoms with van der Waals surface area (Å²) in [7, 11) is 2.06. The zero-order chi connectivity index (χ0) is 11.8. The zero-order valence-corrected chi connectivity index (χ0v) is 11.3. The van der Waals surface area contributed by atoms with Crippen LogP contribution in [0.15, 0.2) is 0 Å². The number of hydrogen-bond acceptors (Lipinski definition) is 2. The maximum atomic E-state index is 6.12. The largest absolute Gasteiger partial charge is 0.376 e. The van der Waals surface area contributed by atoms with E-state index < -0.39 is 0 Å². The van der Waals surface area contributed by atoms with E-state index in [9.17, 15) is 0 Å². The Bertz CT molecular complexity index is 166. The Morgan fingerprint density at radius 3 is 2.44 bits per heavy atom. The van der Waals surface area contributed by atoms with E-state index in [1.54, 1.807) is 0 Å². The van der Waals surface area contributed by atoms with E-state index >= 15 is 0 Å². The monoisotopic (exact) mass is 227 g/mol. The van der Waals surface area contributed by atoms with Crippen LogP contribution in [0.25, 0.3) is 0 Å². The van der Waals surface area contributed by atoms with Gasteiger partial charge in [-0.2, -0.15) is 0 Å². The van der Waals surface area contributed by atoms with Gasteiger partial charge in [0.15, 0.2) is 0 Å². The Kier molecular flexibility index (Phi) is 7.06. The van der Waals surface area contributed by atoms with Gasteiger partial charge < -0.3 is 10.1 Å². The molecule has 1 fully saturated rings. The average molecular weight is 227 g/mol. The number of rotatable bonds is 8. The van der Waals surface area contributed by atoms with E-state index in [-0.39, 0.29) is 0 Å². The summed E-state index contributed by atoms with van der Waals surface area (Å²) in [6.07, 6.45) is 9.57. The number of nitrogens with one attached hydrogen (secondary N) is 1. The Morgan fingerprint density at radius 2 is 1.94 bits per heavy atom. The van der Waals surface area contributed by atoms with Gasteiger partial charge in [0, 0.05) is 12.6 Å². The van der Waals surface area contributed by atoms with Crippen molar-refractivity contribution in [2.24, 2.45) is 5.92 Å². The van der Waals surface area contributed by atoms with Crippen molar-refractivity contribution in [3.05, 3.63) is 0 Å². The summed E-state index contributed by atoms with van der Waals surface area (Å²) in [5.74, 6) is 0.841. The fourth-order valence-electron chi connectivity index (χ4n) is 2.78. The lowest BCUT2D eigenvalue weighted by atomic mass is 10.0. The molecule has 0 aromatic carbocycles. The van der Waals surface area contributed by atoms with Crippen molar-refractivity contribution in [3.8, 4) is 0 Å². The van der Waals surface area contributed by atoms with E-state index in [0.717, 1.165) is 18.9 Å². The third-order valence-electron chi connectivity index (χ3n) is 3.84. The molecule has 2 atom stereocenters. The second kappa shape index (κ2) is 8.08. The molecule has 0 radical (unpaired) electrons. The highest BCUT2D eigenvalue weighted by atomic mass is 16.5. The lowest BCUT2D eigenvalue weighted by Crippen LogP contribution is -2.39. The molecule has 0 aliphatic heterocycles. The summed E-state index contributed by atoms with van der Waals surface area (Å²) in [4.78, 5) is 0. The molecule has 1 aliphatic carbocycles. The van der Waals surface area contributed by atoms with Crippen LogP contribution < -0.4 is 5.32 Å².